The van der Waals surface area contributed by atoms with Gasteiger partial charge in [-0.15, -0.1) is 0 Å². The van der Waals surface area contributed by atoms with E-state index in [0.29, 0.717) is 6.54 Å². The van der Waals surface area contributed by atoms with Gasteiger partial charge in [-0.25, -0.2) is 0 Å². The molecule has 1 aromatic heterocycles. The highest BCUT2D eigenvalue weighted by atomic mass is 16.5. The Kier molecular flexibility index (Phi) is 6.03. The SMILES string of the molecule is CCn1c(C)cc(C(=O)N2CCC(OCCCN)CC2)c1C. The fourth-order valence-electron chi connectivity index (χ4n) is 3.23. The Hall–Kier alpha value is -1.33. The molecule has 0 radical (unpaired) electrons. The molecule has 1 amide bonds. The Morgan fingerprint density at radius 2 is 2.05 bits per heavy atom. The van der Waals surface area contributed by atoms with E-state index in [0.717, 1.165) is 62.5 Å². The molecular formula is C17H29N3O2. The van der Waals surface area contributed by atoms with Crippen molar-refractivity contribution in [1.29, 1.82) is 0 Å². The topological polar surface area (TPSA) is 60.5 Å². The number of piperidine rings is 1. The lowest BCUT2D eigenvalue weighted by Crippen LogP contribution is -2.41. The zero-order valence-electron chi connectivity index (χ0n) is 14.1. The second-order valence-electron chi connectivity index (χ2n) is 6.03. The van der Waals surface area contributed by atoms with Crippen LogP contribution in [0, 0.1) is 13.8 Å². The van der Waals surface area contributed by atoms with Crippen LogP contribution in [-0.4, -0.2) is 47.7 Å². The van der Waals surface area contributed by atoms with Gasteiger partial charge in [-0.2, -0.15) is 0 Å². The van der Waals surface area contributed by atoms with Crippen LogP contribution in [0.2, 0.25) is 0 Å². The van der Waals surface area contributed by atoms with Crippen molar-refractivity contribution in [3.8, 4) is 0 Å². The molecule has 0 spiro atoms. The van der Waals surface area contributed by atoms with Crippen LogP contribution in [0.5, 0.6) is 0 Å². The van der Waals surface area contributed by atoms with Crippen LogP contribution >= 0.6 is 0 Å². The van der Waals surface area contributed by atoms with Crippen LogP contribution in [0.15, 0.2) is 6.07 Å². The molecule has 0 aromatic carbocycles. The highest BCUT2D eigenvalue weighted by Crippen LogP contribution is 2.20. The zero-order valence-corrected chi connectivity index (χ0v) is 14.1. The number of carbonyl (C=O) groups is 1. The van der Waals surface area contributed by atoms with E-state index in [2.05, 4.69) is 18.4 Å². The maximum absolute atomic E-state index is 12.7. The number of amides is 1. The normalized spacial score (nSPS) is 16.3. The van der Waals surface area contributed by atoms with Gasteiger partial charge in [0.25, 0.3) is 5.91 Å². The van der Waals surface area contributed by atoms with Crippen molar-refractivity contribution < 1.29 is 9.53 Å². The van der Waals surface area contributed by atoms with E-state index in [-0.39, 0.29) is 12.0 Å². The van der Waals surface area contributed by atoms with Gasteiger partial charge in [0.2, 0.25) is 0 Å². The van der Waals surface area contributed by atoms with Gasteiger partial charge >= 0.3 is 0 Å². The maximum Gasteiger partial charge on any atom is 0.255 e. The monoisotopic (exact) mass is 307 g/mol. The summed E-state index contributed by atoms with van der Waals surface area (Å²) in [7, 11) is 0. The van der Waals surface area contributed by atoms with Crippen molar-refractivity contribution in [2.75, 3.05) is 26.2 Å². The molecule has 2 heterocycles. The molecule has 124 valence electrons. The first kappa shape index (κ1) is 17.0. The first-order valence-electron chi connectivity index (χ1n) is 8.36. The van der Waals surface area contributed by atoms with Gasteiger partial charge in [-0.3, -0.25) is 4.79 Å². The Bertz CT molecular complexity index is 502. The smallest absolute Gasteiger partial charge is 0.255 e. The number of carbonyl (C=O) groups excluding carboxylic acids is 1. The highest BCUT2D eigenvalue weighted by Gasteiger charge is 2.26. The van der Waals surface area contributed by atoms with E-state index in [1.807, 2.05) is 17.9 Å². The minimum absolute atomic E-state index is 0.160. The molecular weight excluding hydrogens is 278 g/mol. The van der Waals surface area contributed by atoms with Crippen molar-refractivity contribution in [3.63, 3.8) is 0 Å². The molecule has 0 atom stereocenters. The average Bonchev–Trinajstić information content (AvgIpc) is 2.82. The van der Waals surface area contributed by atoms with Crippen LogP contribution in [0.1, 0.15) is 47.9 Å². The van der Waals surface area contributed by atoms with Crippen LogP contribution in [-0.2, 0) is 11.3 Å². The van der Waals surface area contributed by atoms with Crippen LogP contribution in [0.4, 0.5) is 0 Å². The lowest BCUT2D eigenvalue weighted by molar-refractivity contribution is 0.00843. The standard InChI is InChI=1S/C17H29N3O2/c1-4-20-13(2)12-16(14(20)3)17(21)19-9-6-15(7-10-19)22-11-5-8-18/h12,15H,4-11,18H2,1-3H3. The summed E-state index contributed by atoms with van der Waals surface area (Å²) < 4.78 is 7.99. The third-order valence-electron chi connectivity index (χ3n) is 4.55. The maximum atomic E-state index is 12.7. The first-order valence-corrected chi connectivity index (χ1v) is 8.36. The average molecular weight is 307 g/mol. The van der Waals surface area contributed by atoms with Crippen LogP contribution in [0.25, 0.3) is 0 Å². The van der Waals surface area contributed by atoms with Crippen LogP contribution in [0.3, 0.4) is 0 Å². The number of ether oxygens (including phenoxy) is 1. The molecule has 2 N–H and O–H groups in total. The molecule has 5 nitrogen and oxygen atoms in total. The van der Waals surface area contributed by atoms with Gasteiger partial charge in [0.15, 0.2) is 0 Å². The summed E-state index contributed by atoms with van der Waals surface area (Å²) in [5.41, 5.74) is 8.56. The number of aryl methyl sites for hydroxylation is 1. The van der Waals surface area contributed by atoms with Crippen molar-refractivity contribution in [1.82, 2.24) is 9.47 Å². The molecule has 2 rings (SSSR count). The van der Waals surface area contributed by atoms with E-state index in [4.69, 9.17) is 10.5 Å². The number of rotatable bonds is 6. The highest BCUT2D eigenvalue weighted by molar-refractivity contribution is 5.95. The zero-order chi connectivity index (χ0) is 16.1. The summed E-state index contributed by atoms with van der Waals surface area (Å²) >= 11 is 0. The number of hydrogen-bond donors (Lipinski definition) is 1. The van der Waals surface area contributed by atoms with Gasteiger partial charge in [0.1, 0.15) is 0 Å². The molecule has 22 heavy (non-hydrogen) atoms. The summed E-state index contributed by atoms with van der Waals surface area (Å²) in [6.07, 6.45) is 3.02. The van der Waals surface area contributed by atoms with Gasteiger partial charge in [-0.1, -0.05) is 0 Å². The predicted molar refractivity (Wildman–Crippen MR) is 88.1 cm³/mol. The van der Waals surface area contributed by atoms with Crippen LogP contribution < -0.4 is 5.73 Å². The quantitative estimate of drug-likeness (QED) is 0.819. The van der Waals surface area contributed by atoms with Gasteiger partial charge < -0.3 is 19.9 Å². The van der Waals surface area contributed by atoms with E-state index in [1.54, 1.807) is 0 Å². The van der Waals surface area contributed by atoms with Crippen molar-refractivity contribution in [2.45, 2.75) is 52.7 Å². The lowest BCUT2D eigenvalue weighted by Gasteiger charge is -2.32. The second kappa shape index (κ2) is 7.79. The predicted octanol–water partition coefficient (Wildman–Crippen LogP) is 2.09. The minimum Gasteiger partial charge on any atom is -0.378 e. The molecule has 1 aromatic rings. The summed E-state index contributed by atoms with van der Waals surface area (Å²) in [4.78, 5) is 14.7. The lowest BCUT2D eigenvalue weighted by atomic mass is 10.1. The van der Waals surface area contributed by atoms with Gasteiger partial charge in [0, 0.05) is 37.6 Å². The first-order chi connectivity index (χ1) is 10.6. The molecule has 1 aliphatic rings. The Labute approximate surface area is 133 Å². The van der Waals surface area contributed by atoms with E-state index in [1.165, 1.54) is 0 Å². The minimum atomic E-state index is 0.160. The van der Waals surface area contributed by atoms with Crippen molar-refractivity contribution in [3.05, 3.63) is 23.0 Å². The van der Waals surface area contributed by atoms with Gasteiger partial charge in [-0.05, 0) is 52.6 Å². The third kappa shape index (κ3) is 3.70. The second-order valence-corrected chi connectivity index (χ2v) is 6.03. The van der Waals surface area contributed by atoms with E-state index >= 15 is 0 Å². The molecule has 1 fully saturated rings. The molecule has 1 saturated heterocycles. The number of nitrogens with two attached hydrogens (primary N) is 1. The Balaban J connectivity index is 1.92. The number of aromatic nitrogens is 1. The molecule has 0 saturated carbocycles. The molecule has 0 unspecified atom stereocenters. The third-order valence-corrected chi connectivity index (χ3v) is 4.55. The Morgan fingerprint density at radius 3 is 2.59 bits per heavy atom. The summed E-state index contributed by atoms with van der Waals surface area (Å²) in [6.45, 7) is 10.1. The summed E-state index contributed by atoms with van der Waals surface area (Å²) in [6, 6.07) is 2.02. The molecule has 0 aliphatic carbocycles. The van der Waals surface area contributed by atoms with E-state index in [9.17, 15) is 4.79 Å². The van der Waals surface area contributed by atoms with Gasteiger partial charge in [0.05, 0.1) is 11.7 Å². The number of nitrogens with zero attached hydrogens (tertiary/aromatic N) is 2. The molecule has 0 bridgehead atoms. The largest absolute Gasteiger partial charge is 0.378 e. The fourth-order valence-corrected chi connectivity index (χ4v) is 3.23. The Morgan fingerprint density at radius 1 is 1.36 bits per heavy atom. The van der Waals surface area contributed by atoms with E-state index < -0.39 is 0 Å². The van der Waals surface area contributed by atoms with Crippen molar-refractivity contribution >= 4 is 5.91 Å². The number of hydrogen-bond acceptors (Lipinski definition) is 3. The molecule has 5 heteroatoms. The summed E-state index contributed by atoms with van der Waals surface area (Å²) in [5.74, 6) is 0.160. The number of likely N-dealkylation sites (tertiary alicyclic amines) is 1. The summed E-state index contributed by atoms with van der Waals surface area (Å²) in [5, 5.41) is 0. The molecule has 1 aliphatic heterocycles. The van der Waals surface area contributed by atoms with Crippen molar-refractivity contribution in [2.24, 2.45) is 5.73 Å². The fraction of sp³-hybridized carbons (Fsp3) is 0.706.